The maximum Gasteiger partial charge on any atom is 0.219 e. The fourth-order valence-corrected chi connectivity index (χ4v) is 2.14. The molecule has 112 valence electrons. The molecule has 2 rings (SSSR count). The van der Waals surface area contributed by atoms with Gasteiger partial charge in [-0.2, -0.15) is 0 Å². The average molecular weight is 284 g/mol. The number of ether oxygens (including phenoxy) is 1. The first-order chi connectivity index (χ1) is 10.2. The van der Waals surface area contributed by atoms with Crippen LogP contribution >= 0.6 is 0 Å². The molecule has 0 aliphatic carbocycles. The Labute approximate surface area is 127 Å². The minimum Gasteiger partial charge on any atom is -0.439 e. The Morgan fingerprint density at radius 2 is 2.05 bits per heavy atom. The zero-order valence-electron chi connectivity index (χ0n) is 13.1. The molecule has 1 aromatic carbocycles. The van der Waals surface area contributed by atoms with Gasteiger partial charge in [0.25, 0.3) is 0 Å². The van der Waals surface area contributed by atoms with Gasteiger partial charge in [0.15, 0.2) is 0 Å². The molecule has 1 heterocycles. The molecule has 0 amide bonds. The predicted octanol–water partition coefficient (Wildman–Crippen LogP) is 4.50. The molecular weight excluding hydrogens is 260 g/mol. The number of benzene rings is 1. The molecule has 0 bridgehead atoms. The highest BCUT2D eigenvalue weighted by Gasteiger charge is 2.05. The van der Waals surface area contributed by atoms with E-state index in [0.717, 1.165) is 25.1 Å². The van der Waals surface area contributed by atoms with Gasteiger partial charge in [0.2, 0.25) is 5.88 Å². The van der Waals surface area contributed by atoms with Crippen molar-refractivity contribution < 1.29 is 4.74 Å². The first-order valence-corrected chi connectivity index (χ1v) is 7.69. The molecule has 1 aromatic heterocycles. The molecule has 0 saturated carbocycles. The van der Waals surface area contributed by atoms with Gasteiger partial charge >= 0.3 is 0 Å². The first-order valence-electron chi connectivity index (χ1n) is 7.69. The summed E-state index contributed by atoms with van der Waals surface area (Å²) in [5.41, 5.74) is 2.44. The van der Waals surface area contributed by atoms with E-state index >= 15 is 0 Å². The van der Waals surface area contributed by atoms with E-state index in [9.17, 15) is 0 Å². The smallest absolute Gasteiger partial charge is 0.219 e. The van der Waals surface area contributed by atoms with Crippen LogP contribution in [-0.2, 0) is 6.42 Å². The lowest BCUT2D eigenvalue weighted by molar-refractivity contribution is 0.460. The van der Waals surface area contributed by atoms with Crippen molar-refractivity contribution in [1.29, 1.82) is 0 Å². The second-order valence-corrected chi connectivity index (χ2v) is 5.21. The van der Waals surface area contributed by atoms with Gasteiger partial charge in [0, 0.05) is 18.3 Å². The Kier molecular flexibility index (Phi) is 5.76. The monoisotopic (exact) mass is 284 g/mol. The summed E-state index contributed by atoms with van der Waals surface area (Å²) in [6, 6.07) is 12.4. The van der Waals surface area contributed by atoms with E-state index in [0.29, 0.717) is 11.9 Å². The van der Waals surface area contributed by atoms with Crippen LogP contribution in [0, 0.1) is 0 Å². The molecule has 21 heavy (non-hydrogen) atoms. The van der Waals surface area contributed by atoms with Crippen molar-refractivity contribution in [1.82, 2.24) is 10.3 Å². The van der Waals surface area contributed by atoms with Gasteiger partial charge in [-0.1, -0.05) is 32.0 Å². The molecule has 0 radical (unpaired) electrons. The van der Waals surface area contributed by atoms with Gasteiger partial charge in [-0.05, 0) is 49.6 Å². The van der Waals surface area contributed by atoms with E-state index in [4.69, 9.17) is 4.74 Å². The van der Waals surface area contributed by atoms with E-state index < -0.39 is 0 Å². The molecule has 0 fully saturated rings. The van der Waals surface area contributed by atoms with Crippen molar-refractivity contribution in [3.8, 4) is 11.6 Å². The van der Waals surface area contributed by atoms with Gasteiger partial charge in [-0.25, -0.2) is 4.98 Å². The fraction of sp³-hybridized carbons (Fsp3) is 0.389. The molecule has 1 atom stereocenters. The zero-order valence-corrected chi connectivity index (χ0v) is 13.1. The second kappa shape index (κ2) is 7.79. The predicted molar refractivity (Wildman–Crippen MR) is 86.8 cm³/mol. The highest BCUT2D eigenvalue weighted by atomic mass is 16.5. The highest BCUT2D eigenvalue weighted by molar-refractivity contribution is 5.32. The van der Waals surface area contributed by atoms with E-state index in [-0.39, 0.29) is 0 Å². The second-order valence-electron chi connectivity index (χ2n) is 5.21. The van der Waals surface area contributed by atoms with E-state index in [1.54, 1.807) is 0 Å². The molecule has 0 spiro atoms. The number of hydrogen-bond acceptors (Lipinski definition) is 3. The van der Waals surface area contributed by atoms with Gasteiger partial charge in [-0.15, -0.1) is 0 Å². The molecule has 2 aromatic rings. The van der Waals surface area contributed by atoms with E-state index in [1.807, 2.05) is 24.4 Å². The third-order valence-electron chi connectivity index (χ3n) is 3.49. The van der Waals surface area contributed by atoms with Crippen LogP contribution in [0.25, 0.3) is 0 Å². The molecule has 1 N–H and O–H groups in total. The van der Waals surface area contributed by atoms with Gasteiger partial charge in [0.05, 0.1) is 0 Å². The van der Waals surface area contributed by atoms with Gasteiger partial charge < -0.3 is 10.1 Å². The molecule has 0 aliphatic rings. The molecule has 3 nitrogen and oxygen atoms in total. The minimum atomic E-state index is 0.315. The molecular formula is C18H24N2O. The summed E-state index contributed by atoms with van der Waals surface area (Å²) in [6.45, 7) is 7.47. The number of nitrogens with zero attached hydrogens (tertiary/aromatic N) is 1. The lowest BCUT2D eigenvalue weighted by Gasteiger charge is -2.13. The van der Waals surface area contributed by atoms with Crippen LogP contribution in [0.15, 0.2) is 42.6 Å². The summed E-state index contributed by atoms with van der Waals surface area (Å²) in [5.74, 6) is 1.47. The lowest BCUT2D eigenvalue weighted by Crippen LogP contribution is -2.19. The van der Waals surface area contributed by atoms with Gasteiger partial charge in [-0.3, -0.25) is 0 Å². The Morgan fingerprint density at radius 1 is 1.19 bits per heavy atom. The number of pyridine rings is 1. The summed E-state index contributed by atoms with van der Waals surface area (Å²) in [4.78, 5) is 4.40. The van der Waals surface area contributed by atoms with E-state index in [2.05, 4.69) is 49.3 Å². The summed E-state index contributed by atoms with van der Waals surface area (Å²) >= 11 is 0. The van der Waals surface area contributed by atoms with Crippen molar-refractivity contribution in [2.75, 3.05) is 6.54 Å². The van der Waals surface area contributed by atoms with Crippen molar-refractivity contribution >= 4 is 0 Å². The van der Waals surface area contributed by atoms with Crippen molar-refractivity contribution in [3.63, 3.8) is 0 Å². The van der Waals surface area contributed by atoms with Crippen LogP contribution in [0.2, 0.25) is 0 Å². The van der Waals surface area contributed by atoms with Crippen molar-refractivity contribution in [2.24, 2.45) is 0 Å². The third kappa shape index (κ3) is 4.57. The SMILES string of the molecule is CCCNC(C)c1ccc(Oc2cccc(CC)c2)nc1. The Bertz CT molecular complexity index is 551. The summed E-state index contributed by atoms with van der Waals surface area (Å²) in [7, 11) is 0. The maximum absolute atomic E-state index is 5.81. The number of nitrogens with one attached hydrogen (secondary N) is 1. The van der Waals surface area contributed by atoms with Gasteiger partial charge in [0.1, 0.15) is 5.75 Å². The van der Waals surface area contributed by atoms with Crippen LogP contribution < -0.4 is 10.1 Å². The number of rotatable bonds is 7. The molecule has 3 heteroatoms. The molecule has 0 aliphatic heterocycles. The van der Waals surface area contributed by atoms with Crippen LogP contribution in [0.5, 0.6) is 11.6 Å². The minimum absolute atomic E-state index is 0.315. The Balaban J connectivity index is 2.01. The summed E-state index contributed by atoms with van der Waals surface area (Å²) in [6.07, 6.45) is 4.02. The third-order valence-corrected chi connectivity index (χ3v) is 3.49. The van der Waals surface area contributed by atoms with Crippen LogP contribution in [0.4, 0.5) is 0 Å². The lowest BCUT2D eigenvalue weighted by atomic mass is 10.1. The number of hydrogen-bond donors (Lipinski definition) is 1. The standard InChI is InChI=1S/C18H24N2O/c1-4-11-19-14(3)16-9-10-18(20-13-16)21-17-8-6-7-15(5-2)12-17/h6-10,12-14,19H,4-5,11H2,1-3H3. The maximum atomic E-state index is 5.81. The zero-order chi connectivity index (χ0) is 15.1. The fourth-order valence-electron chi connectivity index (χ4n) is 2.14. The quantitative estimate of drug-likeness (QED) is 0.813. The van der Waals surface area contributed by atoms with Crippen LogP contribution in [0.1, 0.15) is 44.4 Å². The Hall–Kier alpha value is -1.87. The Morgan fingerprint density at radius 3 is 2.71 bits per heavy atom. The molecule has 0 saturated heterocycles. The molecule has 1 unspecified atom stereocenters. The first kappa shape index (κ1) is 15.5. The largest absolute Gasteiger partial charge is 0.439 e. The highest BCUT2D eigenvalue weighted by Crippen LogP contribution is 2.22. The van der Waals surface area contributed by atoms with Crippen LogP contribution in [0.3, 0.4) is 0 Å². The average Bonchev–Trinajstić information content (AvgIpc) is 2.53. The normalized spacial score (nSPS) is 12.1. The topological polar surface area (TPSA) is 34.1 Å². The van der Waals surface area contributed by atoms with Crippen molar-refractivity contribution in [2.45, 2.75) is 39.7 Å². The van der Waals surface area contributed by atoms with E-state index in [1.165, 1.54) is 11.1 Å². The van der Waals surface area contributed by atoms with Crippen LogP contribution in [-0.4, -0.2) is 11.5 Å². The summed E-state index contributed by atoms with van der Waals surface area (Å²) < 4.78 is 5.81. The van der Waals surface area contributed by atoms with Crippen molar-refractivity contribution in [3.05, 3.63) is 53.7 Å². The summed E-state index contributed by atoms with van der Waals surface area (Å²) in [5, 5.41) is 3.45. The number of aryl methyl sites for hydroxylation is 1. The number of aromatic nitrogens is 1.